The van der Waals surface area contributed by atoms with Crippen molar-refractivity contribution >= 4 is 44.4 Å². The second-order valence-electron chi connectivity index (χ2n) is 10.6. The Bertz CT molecular complexity index is 571. The quantitative estimate of drug-likeness (QED) is 0.338. The van der Waals surface area contributed by atoms with Crippen LogP contribution in [0, 0.1) is 5.92 Å². The van der Waals surface area contributed by atoms with E-state index in [1.807, 2.05) is 0 Å². The molecule has 3 atom stereocenters. The summed E-state index contributed by atoms with van der Waals surface area (Å²) in [6.07, 6.45) is 4.85. The van der Waals surface area contributed by atoms with E-state index in [1.165, 1.54) is 11.1 Å². The van der Waals surface area contributed by atoms with Gasteiger partial charge in [0.2, 0.25) is 10.5 Å². The van der Waals surface area contributed by atoms with Crippen LogP contribution in [-0.2, 0) is 4.12 Å². The summed E-state index contributed by atoms with van der Waals surface area (Å²) >= 11 is 7.50. The van der Waals surface area contributed by atoms with Gasteiger partial charge in [0.25, 0.3) is 7.14 Å². The van der Waals surface area contributed by atoms with Gasteiger partial charge < -0.3 is 4.12 Å². The first-order valence-electron chi connectivity index (χ1n) is 9.37. The molecule has 0 aliphatic heterocycles. The fourth-order valence-electron chi connectivity index (χ4n) is 4.56. The minimum Gasteiger partial charge on any atom is -0.448 e. The third-order valence-electron chi connectivity index (χ3n) is 7.25. The van der Waals surface area contributed by atoms with Gasteiger partial charge >= 0.3 is 0 Å². The van der Waals surface area contributed by atoms with Gasteiger partial charge in [0.1, 0.15) is 0 Å². The van der Waals surface area contributed by atoms with Gasteiger partial charge in [-0.1, -0.05) is 83.7 Å². The zero-order valence-corrected chi connectivity index (χ0v) is 23.0. The second-order valence-corrected chi connectivity index (χ2v) is 32.4. The first-order chi connectivity index (χ1) is 11.0. The predicted octanol–water partition coefficient (Wildman–Crippen LogP) is 6.98. The maximum atomic E-state index is 7.50. The van der Waals surface area contributed by atoms with Gasteiger partial charge in [-0.2, -0.15) is 0 Å². The molecule has 1 aliphatic rings. The molecule has 0 fully saturated rings. The lowest BCUT2D eigenvalue weighted by Gasteiger charge is -2.56. The molecule has 6 heteroatoms. The highest BCUT2D eigenvalue weighted by Gasteiger charge is 2.62. The van der Waals surface area contributed by atoms with Gasteiger partial charge in [-0.05, 0) is 35.9 Å². The van der Waals surface area contributed by atoms with Crippen molar-refractivity contribution in [2.75, 3.05) is 0 Å². The number of halogens is 1. The summed E-state index contributed by atoms with van der Waals surface area (Å²) in [5.74, 6) is 0.501. The Morgan fingerprint density at radius 2 is 1.64 bits per heavy atom. The van der Waals surface area contributed by atoms with Gasteiger partial charge in [0, 0.05) is 0 Å². The largest absolute Gasteiger partial charge is 0.448 e. The van der Waals surface area contributed by atoms with Gasteiger partial charge in [-0.25, -0.2) is 0 Å². The van der Waals surface area contributed by atoms with Crippen LogP contribution in [0.25, 0.3) is 0 Å². The topological polar surface area (TPSA) is 9.23 Å². The summed E-state index contributed by atoms with van der Waals surface area (Å²) in [4.78, 5) is 0. The average molecular weight is 430 g/mol. The highest BCUT2D eigenvalue weighted by molar-refractivity contribution is 7.58. The van der Waals surface area contributed by atoms with E-state index in [2.05, 4.69) is 96.9 Å². The molecule has 3 radical (unpaired) electrons. The Morgan fingerprint density at radius 3 is 1.96 bits per heavy atom. The Balaban J connectivity index is 3.59. The highest BCUT2D eigenvalue weighted by Crippen LogP contribution is 2.62. The van der Waals surface area contributed by atoms with E-state index in [0.717, 1.165) is 6.04 Å². The Morgan fingerprint density at radius 1 is 1.16 bits per heavy atom. The van der Waals surface area contributed by atoms with E-state index in [9.17, 15) is 0 Å². The summed E-state index contributed by atoms with van der Waals surface area (Å²) in [5, 5.41) is 0.359. The lowest BCUT2D eigenvalue weighted by Crippen LogP contribution is -2.65. The smallest absolute Gasteiger partial charge is 0.263 e. The summed E-state index contributed by atoms with van der Waals surface area (Å²) in [6.45, 7) is 26.3. The first kappa shape index (κ1) is 23.6. The van der Waals surface area contributed by atoms with E-state index in [1.54, 1.807) is 0 Å². The van der Waals surface area contributed by atoms with E-state index in [4.69, 9.17) is 15.2 Å². The maximum Gasteiger partial charge on any atom is 0.263 e. The molecular formula is C19H38ClOSi4. The maximum absolute atomic E-state index is 7.50. The second kappa shape index (κ2) is 7.21. The van der Waals surface area contributed by atoms with Crippen molar-refractivity contribution in [2.45, 2.75) is 90.4 Å². The third kappa shape index (κ3) is 3.92. The summed E-state index contributed by atoms with van der Waals surface area (Å²) < 4.78 is 6.12. The lowest BCUT2D eigenvalue weighted by atomic mass is 9.81. The number of hydrogen-bond donors (Lipinski definition) is 0. The fourth-order valence-corrected chi connectivity index (χ4v) is 26.2. The minimum absolute atomic E-state index is 0.155. The molecule has 0 N–H and O–H groups in total. The SMILES string of the molecule is CC1=CC(C)C(C[Si](Cl)(O[Si])[Si](C)(C)C(C)(C)C)([Si](C)(C)C)C(C)=C1. The van der Waals surface area contributed by atoms with Crippen molar-refractivity contribution < 1.29 is 4.12 Å². The first-order valence-corrected chi connectivity index (χ1v) is 20.4. The van der Waals surface area contributed by atoms with E-state index >= 15 is 0 Å². The molecule has 25 heavy (non-hydrogen) atoms. The van der Waals surface area contributed by atoms with Gasteiger partial charge in [-0.3, -0.25) is 0 Å². The Hall–Kier alpha value is 0.598. The number of allylic oxidation sites excluding steroid dienone is 4. The molecule has 1 rings (SSSR count). The Labute approximate surface area is 167 Å². The minimum atomic E-state index is -2.47. The zero-order valence-electron chi connectivity index (χ0n) is 18.2. The lowest BCUT2D eigenvalue weighted by molar-refractivity contribution is 0.494. The third-order valence-corrected chi connectivity index (χ3v) is 33.9. The number of hydrogen-bond acceptors (Lipinski definition) is 1. The molecule has 1 nitrogen and oxygen atoms in total. The van der Waals surface area contributed by atoms with Crippen LogP contribution in [0.4, 0.5) is 0 Å². The van der Waals surface area contributed by atoms with Crippen LogP contribution < -0.4 is 0 Å². The van der Waals surface area contributed by atoms with Gasteiger partial charge in [-0.15, -0.1) is 11.1 Å². The summed E-state index contributed by atoms with van der Waals surface area (Å²) in [6, 6.07) is 1.00. The van der Waals surface area contributed by atoms with Crippen LogP contribution in [0.5, 0.6) is 0 Å². The molecule has 0 aromatic heterocycles. The normalized spacial score (nSPS) is 28.3. The Kier molecular flexibility index (Phi) is 6.81. The molecule has 143 valence electrons. The molecule has 0 spiro atoms. The van der Waals surface area contributed by atoms with Crippen LogP contribution in [0.2, 0.25) is 48.9 Å². The van der Waals surface area contributed by atoms with Crippen molar-refractivity contribution in [2.24, 2.45) is 5.92 Å². The van der Waals surface area contributed by atoms with Crippen LogP contribution in [0.1, 0.15) is 41.5 Å². The molecule has 0 bridgehead atoms. The molecule has 0 amide bonds. The van der Waals surface area contributed by atoms with Crippen LogP contribution in [0.15, 0.2) is 23.3 Å². The van der Waals surface area contributed by atoms with Crippen molar-refractivity contribution in [3.05, 3.63) is 23.3 Å². The molecule has 0 saturated heterocycles. The molecule has 0 heterocycles. The number of rotatable bonds is 5. The standard InChI is InChI=1S/C19H38ClOSi4/c1-15-12-16(2)19(17(3)13-15,23(7,8)9)14-25(20,21-22)24(10,11)18(4,5)6/h12-13,16H,14H2,1-11H3. The van der Waals surface area contributed by atoms with Gasteiger partial charge in [0.15, 0.2) is 0 Å². The van der Waals surface area contributed by atoms with E-state index < -0.39 is 22.8 Å². The van der Waals surface area contributed by atoms with E-state index in [0.29, 0.717) is 5.92 Å². The van der Waals surface area contributed by atoms with Crippen molar-refractivity contribution in [3.63, 3.8) is 0 Å². The van der Waals surface area contributed by atoms with Crippen LogP contribution in [0.3, 0.4) is 0 Å². The molecule has 0 aromatic rings. The van der Waals surface area contributed by atoms with Gasteiger partial charge in [0.05, 0.1) is 15.7 Å². The molecule has 0 saturated carbocycles. The summed E-state index contributed by atoms with van der Waals surface area (Å²) in [7, 11) is -2.41. The van der Waals surface area contributed by atoms with Crippen LogP contribution in [-0.4, -0.2) is 33.3 Å². The van der Waals surface area contributed by atoms with E-state index in [-0.39, 0.29) is 10.1 Å². The zero-order chi connectivity index (χ0) is 20.1. The summed E-state index contributed by atoms with van der Waals surface area (Å²) in [5.41, 5.74) is 2.89. The van der Waals surface area contributed by atoms with Crippen LogP contribution >= 0.6 is 11.1 Å². The molecule has 3 unspecified atom stereocenters. The highest BCUT2D eigenvalue weighted by atomic mass is 35.6. The van der Waals surface area contributed by atoms with Crippen molar-refractivity contribution in [1.29, 1.82) is 0 Å². The molecule has 0 aromatic carbocycles. The van der Waals surface area contributed by atoms with Crippen molar-refractivity contribution in [1.82, 2.24) is 0 Å². The monoisotopic (exact) mass is 429 g/mol. The average Bonchev–Trinajstić information content (AvgIpc) is 2.39. The molecular weight excluding hydrogens is 392 g/mol. The molecule has 1 aliphatic carbocycles. The fraction of sp³-hybridized carbons (Fsp3) is 0.789. The van der Waals surface area contributed by atoms with Crippen molar-refractivity contribution in [3.8, 4) is 0 Å². The predicted molar refractivity (Wildman–Crippen MR) is 123 cm³/mol.